The number of fused-ring (bicyclic) bond motifs is 1. The molecular formula is C19H17N3O2S. The average molecular weight is 351 g/mol. The Morgan fingerprint density at radius 2 is 1.84 bits per heavy atom. The Hall–Kier alpha value is -3.12. The Kier molecular flexibility index (Phi) is 5.11. The SMILES string of the molecule is COc1ccc(NC(=S)N/N=C/c2c(O)ccc3ccccc23)cc1. The number of rotatable bonds is 4. The molecule has 3 aromatic rings. The second kappa shape index (κ2) is 7.63. The highest BCUT2D eigenvalue weighted by Gasteiger charge is 2.04. The molecule has 3 N–H and O–H groups in total. The van der Waals surface area contributed by atoms with Crippen LogP contribution >= 0.6 is 12.2 Å². The molecule has 0 radical (unpaired) electrons. The molecular weight excluding hydrogens is 334 g/mol. The highest BCUT2D eigenvalue weighted by atomic mass is 32.1. The number of hydrogen-bond donors (Lipinski definition) is 3. The van der Waals surface area contributed by atoms with E-state index in [0.717, 1.165) is 22.2 Å². The second-order valence-corrected chi connectivity index (χ2v) is 5.68. The summed E-state index contributed by atoms with van der Waals surface area (Å²) in [6.45, 7) is 0. The van der Waals surface area contributed by atoms with Crippen molar-refractivity contribution in [3.05, 3.63) is 66.2 Å². The Balaban J connectivity index is 1.68. The third kappa shape index (κ3) is 4.05. The van der Waals surface area contributed by atoms with E-state index in [4.69, 9.17) is 17.0 Å². The molecule has 0 saturated carbocycles. The fourth-order valence-electron chi connectivity index (χ4n) is 2.41. The van der Waals surface area contributed by atoms with Gasteiger partial charge in [-0.2, -0.15) is 5.10 Å². The number of benzene rings is 3. The maximum Gasteiger partial charge on any atom is 0.191 e. The van der Waals surface area contributed by atoms with Crippen LogP contribution in [0.2, 0.25) is 0 Å². The van der Waals surface area contributed by atoms with Crippen LogP contribution in [-0.4, -0.2) is 23.5 Å². The lowest BCUT2D eigenvalue weighted by Gasteiger charge is -2.08. The summed E-state index contributed by atoms with van der Waals surface area (Å²) in [5.41, 5.74) is 4.21. The second-order valence-electron chi connectivity index (χ2n) is 5.27. The Labute approximate surface area is 150 Å². The quantitative estimate of drug-likeness (QED) is 0.378. The molecule has 3 aromatic carbocycles. The van der Waals surface area contributed by atoms with E-state index in [9.17, 15) is 5.11 Å². The van der Waals surface area contributed by atoms with Crippen molar-refractivity contribution < 1.29 is 9.84 Å². The molecule has 0 aliphatic heterocycles. The van der Waals surface area contributed by atoms with Crippen LogP contribution in [-0.2, 0) is 0 Å². The molecule has 0 atom stereocenters. The van der Waals surface area contributed by atoms with Crippen LogP contribution in [0.1, 0.15) is 5.56 Å². The van der Waals surface area contributed by atoms with Gasteiger partial charge in [0.25, 0.3) is 0 Å². The Bertz CT molecular complexity index is 924. The number of hydrazone groups is 1. The average Bonchev–Trinajstić information content (AvgIpc) is 2.64. The first kappa shape index (κ1) is 16.7. The number of ether oxygens (including phenoxy) is 1. The first-order chi connectivity index (χ1) is 12.2. The summed E-state index contributed by atoms with van der Waals surface area (Å²) < 4.78 is 5.11. The highest BCUT2D eigenvalue weighted by Crippen LogP contribution is 2.25. The molecule has 126 valence electrons. The van der Waals surface area contributed by atoms with Gasteiger partial charge in [0.05, 0.1) is 13.3 Å². The molecule has 0 fully saturated rings. The van der Waals surface area contributed by atoms with E-state index in [0.29, 0.717) is 10.7 Å². The normalized spacial score (nSPS) is 10.8. The lowest BCUT2D eigenvalue weighted by molar-refractivity contribution is 0.415. The lowest BCUT2D eigenvalue weighted by atomic mass is 10.0. The number of nitrogens with one attached hydrogen (secondary N) is 2. The van der Waals surface area contributed by atoms with Crippen LogP contribution in [0.4, 0.5) is 5.69 Å². The van der Waals surface area contributed by atoms with Crippen LogP contribution in [0.15, 0.2) is 65.8 Å². The standard InChI is InChI=1S/C19H17N3O2S/c1-24-15-9-7-14(8-10-15)21-19(25)22-20-12-17-16-5-3-2-4-13(16)6-11-18(17)23/h2-12,23H,1H3,(H2,21,22,25)/b20-12+. The Morgan fingerprint density at radius 1 is 1.08 bits per heavy atom. The minimum Gasteiger partial charge on any atom is -0.507 e. The van der Waals surface area contributed by atoms with Gasteiger partial charge in [0.2, 0.25) is 0 Å². The van der Waals surface area contributed by atoms with Crippen LogP contribution in [0.25, 0.3) is 10.8 Å². The molecule has 25 heavy (non-hydrogen) atoms. The fraction of sp³-hybridized carbons (Fsp3) is 0.0526. The topological polar surface area (TPSA) is 65.9 Å². The van der Waals surface area contributed by atoms with Gasteiger partial charge in [0.1, 0.15) is 11.5 Å². The summed E-state index contributed by atoms with van der Waals surface area (Å²) in [6.07, 6.45) is 1.56. The minimum absolute atomic E-state index is 0.165. The molecule has 0 unspecified atom stereocenters. The lowest BCUT2D eigenvalue weighted by Crippen LogP contribution is -2.23. The number of phenols is 1. The molecule has 0 heterocycles. The van der Waals surface area contributed by atoms with Gasteiger partial charge in [-0.1, -0.05) is 30.3 Å². The predicted molar refractivity (Wildman–Crippen MR) is 106 cm³/mol. The monoisotopic (exact) mass is 351 g/mol. The molecule has 0 saturated heterocycles. The summed E-state index contributed by atoms with van der Waals surface area (Å²) in [4.78, 5) is 0. The molecule has 5 nitrogen and oxygen atoms in total. The van der Waals surface area contributed by atoms with E-state index in [1.165, 1.54) is 0 Å². The third-order valence-corrected chi connectivity index (χ3v) is 3.85. The molecule has 0 aromatic heterocycles. The van der Waals surface area contributed by atoms with Gasteiger partial charge < -0.3 is 15.2 Å². The van der Waals surface area contributed by atoms with Gasteiger partial charge in [-0.3, -0.25) is 5.43 Å². The van der Waals surface area contributed by atoms with Crippen LogP contribution in [0.5, 0.6) is 11.5 Å². The molecule has 0 bridgehead atoms. The van der Waals surface area contributed by atoms with E-state index in [-0.39, 0.29) is 5.75 Å². The molecule has 0 aliphatic rings. The van der Waals surface area contributed by atoms with Gasteiger partial charge in [-0.05, 0) is 53.3 Å². The maximum atomic E-state index is 10.1. The number of phenolic OH excluding ortho intramolecular Hbond substituents is 1. The number of methoxy groups -OCH3 is 1. The summed E-state index contributed by atoms with van der Waals surface area (Å²) >= 11 is 5.21. The van der Waals surface area contributed by atoms with Gasteiger partial charge in [-0.25, -0.2) is 0 Å². The van der Waals surface area contributed by atoms with Gasteiger partial charge >= 0.3 is 0 Å². The van der Waals surface area contributed by atoms with E-state index < -0.39 is 0 Å². The van der Waals surface area contributed by atoms with Crippen molar-refractivity contribution in [2.45, 2.75) is 0 Å². The van der Waals surface area contributed by atoms with Crippen molar-refractivity contribution in [1.29, 1.82) is 0 Å². The first-order valence-electron chi connectivity index (χ1n) is 7.62. The molecule has 0 aliphatic carbocycles. The number of hydrogen-bond acceptors (Lipinski definition) is 4. The smallest absolute Gasteiger partial charge is 0.191 e. The van der Waals surface area contributed by atoms with E-state index in [1.54, 1.807) is 19.4 Å². The minimum atomic E-state index is 0.165. The number of aromatic hydroxyl groups is 1. The van der Waals surface area contributed by atoms with E-state index in [2.05, 4.69) is 15.8 Å². The predicted octanol–water partition coefficient (Wildman–Crippen LogP) is 3.87. The highest BCUT2D eigenvalue weighted by molar-refractivity contribution is 7.80. The number of thiocarbonyl (C=S) groups is 1. The Morgan fingerprint density at radius 3 is 2.60 bits per heavy atom. The van der Waals surface area contributed by atoms with Crippen LogP contribution in [0.3, 0.4) is 0 Å². The summed E-state index contributed by atoms with van der Waals surface area (Å²) in [5.74, 6) is 0.937. The molecule has 3 rings (SSSR count). The summed E-state index contributed by atoms with van der Waals surface area (Å²) in [5, 5.41) is 19.5. The van der Waals surface area contributed by atoms with Crippen LogP contribution < -0.4 is 15.5 Å². The zero-order valence-electron chi connectivity index (χ0n) is 13.6. The van der Waals surface area contributed by atoms with Gasteiger partial charge in [-0.15, -0.1) is 0 Å². The number of nitrogens with zero attached hydrogens (tertiary/aromatic N) is 1. The molecule has 6 heteroatoms. The zero-order valence-corrected chi connectivity index (χ0v) is 14.4. The number of anilines is 1. The summed E-state index contributed by atoms with van der Waals surface area (Å²) in [7, 11) is 1.62. The van der Waals surface area contributed by atoms with Crippen molar-refractivity contribution in [2.24, 2.45) is 5.10 Å². The zero-order chi connectivity index (χ0) is 17.6. The molecule has 0 spiro atoms. The van der Waals surface area contributed by atoms with Gasteiger partial charge in [0, 0.05) is 11.3 Å². The van der Waals surface area contributed by atoms with Gasteiger partial charge in [0.15, 0.2) is 5.11 Å². The summed E-state index contributed by atoms with van der Waals surface area (Å²) in [6, 6.07) is 18.7. The first-order valence-corrected chi connectivity index (χ1v) is 8.03. The van der Waals surface area contributed by atoms with Crippen molar-refractivity contribution in [3.63, 3.8) is 0 Å². The van der Waals surface area contributed by atoms with Crippen LogP contribution in [0, 0.1) is 0 Å². The van der Waals surface area contributed by atoms with Crippen molar-refractivity contribution >= 4 is 40.0 Å². The fourth-order valence-corrected chi connectivity index (χ4v) is 2.58. The molecule has 0 amide bonds. The maximum absolute atomic E-state index is 10.1. The van der Waals surface area contributed by atoms with E-state index in [1.807, 2.05) is 54.6 Å². The van der Waals surface area contributed by atoms with Crippen molar-refractivity contribution in [1.82, 2.24) is 5.43 Å². The van der Waals surface area contributed by atoms with Crippen molar-refractivity contribution in [2.75, 3.05) is 12.4 Å². The van der Waals surface area contributed by atoms with Crippen molar-refractivity contribution in [3.8, 4) is 11.5 Å². The third-order valence-electron chi connectivity index (χ3n) is 3.66. The largest absolute Gasteiger partial charge is 0.507 e. The van der Waals surface area contributed by atoms with E-state index >= 15 is 0 Å².